The number of allylic oxidation sites excluding steroid dienone is 2. The molecule has 2 rings (SSSR count). The monoisotopic (exact) mass is 863 g/mol. The number of aliphatic hydroxyl groups excluding tert-OH is 7. The molecule has 0 aliphatic carbocycles. The number of carbonyl (C=O) groups is 2. The fourth-order valence-corrected chi connectivity index (χ4v) is 7.35. The van der Waals surface area contributed by atoms with Gasteiger partial charge in [0.05, 0.1) is 19.8 Å². The minimum absolute atomic E-state index is 0.0858. The van der Waals surface area contributed by atoms with E-state index in [0.717, 1.165) is 32.1 Å². The van der Waals surface area contributed by atoms with Crippen molar-refractivity contribution in [3.8, 4) is 0 Å². The number of esters is 2. The molecule has 0 aromatic carbocycles. The van der Waals surface area contributed by atoms with Crippen molar-refractivity contribution in [2.75, 3.05) is 26.4 Å². The summed E-state index contributed by atoms with van der Waals surface area (Å²) >= 11 is 0. The van der Waals surface area contributed by atoms with Crippen LogP contribution in [0.15, 0.2) is 12.2 Å². The molecule has 2 aliphatic rings. The van der Waals surface area contributed by atoms with Gasteiger partial charge in [-0.3, -0.25) is 9.59 Å². The molecule has 60 heavy (non-hydrogen) atoms. The molecule has 0 spiro atoms. The normalized spacial score (nSPS) is 27.6. The lowest BCUT2D eigenvalue weighted by atomic mass is 9.98. The van der Waals surface area contributed by atoms with Crippen LogP contribution in [0.1, 0.15) is 168 Å². The third-order valence-electron chi connectivity index (χ3n) is 11.3. The third-order valence-corrected chi connectivity index (χ3v) is 11.3. The van der Waals surface area contributed by atoms with Crippen LogP contribution in [0.5, 0.6) is 0 Å². The van der Waals surface area contributed by atoms with Crippen LogP contribution in [-0.4, -0.2) is 142 Å². The molecule has 2 fully saturated rings. The molecular weight excluding hydrogens is 780 g/mol. The summed E-state index contributed by atoms with van der Waals surface area (Å²) in [7, 11) is 0. The molecule has 2 aliphatic heterocycles. The van der Waals surface area contributed by atoms with Gasteiger partial charge >= 0.3 is 11.9 Å². The van der Waals surface area contributed by atoms with Gasteiger partial charge in [-0.2, -0.15) is 0 Å². The molecule has 352 valence electrons. The highest BCUT2D eigenvalue weighted by Gasteiger charge is 2.47. The molecular formula is C45H82O15. The van der Waals surface area contributed by atoms with Gasteiger partial charge in [0, 0.05) is 12.8 Å². The molecule has 15 heteroatoms. The zero-order valence-corrected chi connectivity index (χ0v) is 36.7. The quantitative estimate of drug-likeness (QED) is 0.0252. The van der Waals surface area contributed by atoms with Gasteiger partial charge in [-0.25, -0.2) is 0 Å². The van der Waals surface area contributed by atoms with Gasteiger partial charge in [0.15, 0.2) is 18.7 Å². The van der Waals surface area contributed by atoms with Crippen molar-refractivity contribution in [2.45, 2.75) is 235 Å². The second kappa shape index (κ2) is 33.8. The van der Waals surface area contributed by atoms with Crippen molar-refractivity contribution >= 4 is 11.9 Å². The van der Waals surface area contributed by atoms with E-state index in [1.165, 1.54) is 96.3 Å². The van der Waals surface area contributed by atoms with E-state index in [9.17, 15) is 45.3 Å². The molecule has 2 saturated heterocycles. The molecule has 15 nitrogen and oxygen atoms in total. The lowest BCUT2D eigenvalue weighted by Crippen LogP contribution is -2.61. The number of ether oxygens (including phenoxy) is 6. The van der Waals surface area contributed by atoms with E-state index in [-0.39, 0.29) is 19.4 Å². The van der Waals surface area contributed by atoms with E-state index in [2.05, 4.69) is 19.9 Å². The Bertz CT molecular complexity index is 1110. The number of hydrogen-bond acceptors (Lipinski definition) is 15. The molecule has 0 radical (unpaired) electrons. The van der Waals surface area contributed by atoms with Crippen molar-refractivity contribution in [2.24, 2.45) is 0 Å². The van der Waals surface area contributed by atoms with Crippen molar-refractivity contribution in [3.63, 3.8) is 0 Å². The van der Waals surface area contributed by atoms with E-state index in [4.69, 9.17) is 28.4 Å². The number of aliphatic hydroxyl groups is 7. The Morgan fingerprint density at radius 3 is 1.53 bits per heavy atom. The predicted molar refractivity (Wildman–Crippen MR) is 224 cm³/mol. The lowest BCUT2D eigenvalue weighted by molar-refractivity contribution is -0.332. The number of unbranched alkanes of at least 4 members (excludes halogenated alkanes) is 19. The minimum atomic E-state index is -1.76. The summed E-state index contributed by atoms with van der Waals surface area (Å²) in [5.41, 5.74) is 0. The van der Waals surface area contributed by atoms with Gasteiger partial charge in [0.1, 0.15) is 55.4 Å². The van der Waals surface area contributed by atoms with Crippen LogP contribution in [0, 0.1) is 0 Å². The first-order valence-electron chi connectivity index (χ1n) is 23.3. The second-order valence-corrected chi connectivity index (χ2v) is 16.6. The van der Waals surface area contributed by atoms with E-state index in [1.807, 2.05) is 6.08 Å². The topological polar surface area (TPSA) is 231 Å². The molecule has 0 aromatic rings. The van der Waals surface area contributed by atoms with Crippen LogP contribution >= 0.6 is 0 Å². The van der Waals surface area contributed by atoms with Crippen molar-refractivity contribution in [1.82, 2.24) is 0 Å². The van der Waals surface area contributed by atoms with Crippen LogP contribution < -0.4 is 0 Å². The predicted octanol–water partition coefficient (Wildman–Crippen LogP) is 5.04. The highest BCUT2D eigenvalue weighted by Crippen LogP contribution is 2.26. The Morgan fingerprint density at radius 2 is 0.983 bits per heavy atom. The molecule has 0 saturated carbocycles. The van der Waals surface area contributed by atoms with Gasteiger partial charge in [-0.05, 0) is 25.7 Å². The van der Waals surface area contributed by atoms with Crippen LogP contribution in [0.3, 0.4) is 0 Å². The summed E-state index contributed by atoms with van der Waals surface area (Å²) < 4.78 is 33.4. The Labute approximate surface area is 359 Å². The Balaban J connectivity index is 1.86. The maximum absolute atomic E-state index is 12.9. The summed E-state index contributed by atoms with van der Waals surface area (Å²) in [4.78, 5) is 25.5. The zero-order chi connectivity index (χ0) is 44.0. The number of rotatable bonds is 35. The average Bonchev–Trinajstić information content (AvgIpc) is 3.24. The van der Waals surface area contributed by atoms with Crippen molar-refractivity contribution in [1.29, 1.82) is 0 Å². The van der Waals surface area contributed by atoms with Crippen molar-refractivity contribution < 1.29 is 73.8 Å². The standard InChI is InChI=1S/C45H82O15/c1-3-5-7-9-11-13-14-15-16-17-18-20-22-24-26-28-37(48)58-33(30-55-36(47)27-25-23-21-19-12-10-8-6-4-2)31-56-44-43(54)41(52)39(50)35(60-44)32-57-45-42(53)40(51)38(49)34(29-46)59-45/h22,24,33-35,38-46,49-54H,3-21,23,25-32H2,1-2H3/b24-22+/t33-,34-,35-,38+,39+,40?,41?,42?,43?,44-,45-/m1/s1. The van der Waals surface area contributed by atoms with Gasteiger partial charge in [-0.15, -0.1) is 0 Å². The van der Waals surface area contributed by atoms with E-state index >= 15 is 0 Å². The average molecular weight is 863 g/mol. The molecule has 2 heterocycles. The SMILES string of the molecule is CCCCCCCCCCCCC/C=C/CCC(=O)O[C@H](COC(=O)CCCCCCCCCCC)CO[C@@H]1O[C@H](CO[C@@H]2O[C@H](CO)[C@H](O)C(O)C2O)[C@H](O)C(O)C1O. The fraction of sp³-hybridized carbons (Fsp3) is 0.911. The van der Waals surface area contributed by atoms with Crippen LogP contribution in [-0.2, 0) is 38.0 Å². The maximum Gasteiger partial charge on any atom is 0.306 e. The third kappa shape index (κ3) is 22.5. The Kier molecular flexibility index (Phi) is 30.6. The van der Waals surface area contributed by atoms with Gasteiger partial charge in [-0.1, -0.05) is 142 Å². The lowest BCUT2D eigenvalue weighted by Gasteiger charge is -2.42. The van der Waals surface area contributed by atoms with E-state index < -0.39 is 99.3 Å². The Morgan fingerprint density at radius 1 is 0.517 bits per heavy atom. The smallest absolute Gasteiger partial charge is 0.306 e. The summed E-state index contributed by atoms with van der Waals surface area (Å²) in [5, 5.41) is 71.8. The van der Waals surface area contributed by atoms with Crippen LogP contribution in [0.4, 0.5) is 0 Å². The first kappa shape index (κ1) is 54.4. The minimum Gasteiger partial charge on any atom is -0.462 e. The van der Waals surface area contributed by atoms with Crippen molar-refractivity contribution in [3.05, 3.63) is 12.2 Å². The maximum atomic E-state index is 12.9. The highest BCUT2D eigenvalue weighted by atomic mass is 16.7. The molecule has 7 N–H and O–H groups in total. The van der Waals surface area contributed by atoms with Gasteiger partial charge in [0.2, 0.25) is 0 Å². The first-order chi connectivity index (χ1) is 29.0. The molecule has 0 amide bonds. The zero-order valence-electron chi connectivity index (χ0n) is 36.7. The highest BCUT2D eigenvalue weighted by molar-refractivity contribution is 5.70. The summed E-state index contributed by atoms with van der Waals surface area (Å²) in [6.07, 6.45) is 12.8. The summed E-state index contributed by atoms with van der Waals surface area (Å²) in [6, 6.07) is 0. The van der Waals surface area contributed by atoms with Gasteiger partial charge in [0.25, 0.3) is 0 Å². The number of carbonyl (C=O) groups excluding carboxylic acids is 2. The summed E-state index contributed by atoms with van der Waals surface area (Å²) in [6.45, 7) is 2.52. The van der Waals surface area contributed by atoms with Crippen LogP contribution in [0.25, 0.3) is 0 Å². The molecule has 0 bridgehead atoms. The number of hydrogen-bond donors (Lipinski definition) is 7. The first-order valence-corrected chi connectivity index (χ1v) is 23.3. The fourth-order valence-electron chi connectivity index (χ4n) is 7.35. The summed E-state index contributed by atoms with van der Waals surface area (Å²) in [5.74, 6) is -0.980. The van der Waals surface area contributed by atoms with E-state index in [0.29, 0.717) is 12.8 Å². The van der Waals surface area contributed by atoms with E-state index in [1.54, 1.807) is 0 Å². The second-order valence-electron chi connectivity index (χ2n) is 16.6. The van der Waals surface area contributed by atoms with Crippen LogP contribution in [0.2, 0.25) is 0 Å². The van der Waals surface area contributed by atoms with Gasteiger partial charge < -0.3 is 64.2 Å². The molecule has 0 aromatic heterocycles. The molecule has 11 atom stereocenters. The largest absolute Gasteiger partial charge is 0.462 e. The Hall–Kier alpha value is -1.76. The molecule has 4 unspecified atom stereocenters.